The summed E-state index contributed by atoms with van der Waals surface area (Å²) < 4.78 is 67.2. The van der Waals surface area contributed by atoms with Crippen LogP contribution in [0, 0.1) is 0 Å². The quantitative estimate of drug-likeness (QED) is 0.0339. The number of unbranched alkanes of at least 4 members (excludes halogenated alkanes) is 1. The molecule has 12 nitrogen and oxygen atoms in total. The Bertz CT molecular complexity index is 1010. The molecule has 0 N–H and O–H groups in total. The van der Waals surface area contributed by atoms with Gasteiger partial charge in [-0.15, -0.1) is 0 Å². The molecule has 18 heteroatoms. The van der Waals surface area contributed by atoms with Crippen molar-refractivity contribution in [3.63, 3.8) is 0 Å². The molecule has 0 unspecified atom stereocenters. The number of hydrogen-bond acceptors (Lipinski definition) is 12. The third-order valence-electron chi connectivity index (χ3n) is 7.75. The predicted molar refractivity (Wildman–Crippen MR) is 233 cm³/mol. The van der Waals surface area contributed by atoms with E-state index in [1.54, 1.807) is 6.92 Å². The normalized spacial score (nSPS) is 13.5. The van der Waals surface area contributed by atoms with Gasteiger partial charge in [0.15, 0.2) is 22.4 Å². The van der Waals surface area contributed by atoms with E-state index >= 15 is 0 Å². The fourth-order valence-corrected chi connectivity index (χ4v) is 36.3. The lowest BCUT2D eigenvalue weighted by Crippen LogP contribution is -2.60. The SMILES string of the molecule is C=C(C)C(=O)CCCOCCOCCOCCOCCOCCOCCC[Si](C)(C)O[Si](C)(C)O[Si](C)(C)O[Si](C)(C)O[Si](C)(C)O[Si](C)(C)CCCC. The van der Waals surface area contributed by atoms with Crippen LogP contribution in [0.25, 0.3) is 0 Å². The first-order chi connectivity index (χ1) is 24.9. The molecule has 0 aromatic carbocycles. The molecule has 0 aromatic heterocycles. The van der Waals surface area contributed by atoms with E-state index in [4.69, 9.17) is 49.0 Å². The van der Waals surface area contributed by atoms with Crippen molar-refractivity contribution in [2.24, 2.45) is 0 Å². The van der Waals surface area contributed by atoms with Crippen molar-refractivity contribution in [1.82, 2.24) is 0 Å². The highest BCUT2D eigenvalue weighted by molar-refractivity contribution is 6.91. The maximum absolute atomic E-state index is 11.5. The Hall–Kier alpha value is 0.271. The van der Waals surface area contributed by atoms with E-state index in [9.17, 15) is 4.79 Å². The number of carbonyl (C=O) groups excluding carboxylic acids is 1. The molecule has 0 saturated carbocycles. The number of rotatable bonds is 37. The standard InChI is InChI=1S/C36H82O12Si6/c1-16-17-33-49(4,5)44-51(8,9)46-53(12,13)48-54(14,15)47-52(10,11)45-50(6,7)34-19-22-39-24-26-41-28-30-43-32-31-42-29-27-40-25-23-38-21-18-20-36(37)35(2)3/h2,16-34H2,1,3-15H3. The van der Waals surface area contributed by atoms with Gasteiger partial charge in [0.05, 0.1) is 66.1 Å². The minimum absolute atomic E-state index is 0.0902. The van der Waals surface area contributed by atoms with Crippen LogP contribution in [0.3, 0.4) is 0 Å². The van der Waals surface area contributed by atoms with Crippen LogP contribution in [0.2, 0.25) is 90.7 Å². The Balaban J connectivity index is 4.03. The molecule has 0 rings (SSSR count). The molecule has 322 valence electrons. The molecular weight excluding hydrogens is 793 g/mol. The highest BCUT2D eigenvalue weighted by Gasteiger charge is 2.47. The van der Waals surface area contributed by atoms with Gasteiger partial charge in [0, 0.05) is 19.6 Å². The molecule has 0 fully saturated rings. The van der Waals surface area contributed by atoms with Crippen molar-refractivity contribution in [2.75, 3.05) is 79.3 Å². The van der Waals surface area contributed by atoms with Crippen LogP contribution in [0.5, 0.6) is 0 Å². The molecule has 54 heavy (non-hydrogen) atoms. The van der Waals surface area contributed by atoms with Gasteiger partial charge in [-0.1, -0.05) is 26.3 Å². The van der Waals surface area contributed by atoms with E-state index < -0.39 is 50.9 Å². The van der Waals surface area contributed by atoms with Crippen molar-refractivity contribution in [2.45, 2.75) is 137 Å². The molecule has 0 radical (unpaired) electrons. The van der Waals surface area contributed by atoms with E-state index in [1.807, 2.05) is 0 Å². The fourth-order valence-electron chi connectivity index (χ4n) is 6.24. The predicted octanol–water partition coefficient (Wildman–Crippen LogP) is 8.50. The summed E-state index contributed by atoms with van der Waals surface area (Å²) in [4.78, 5) is 11.5. The molecule has 0 aliphatic carbocycles. The summed E-state index contributed by atoms with van der Waals surface area (Å²) in [5, 5.41) is 0. The summed E-state index contributed by atoms with van der Waals surface area (Å²) in [7, 11) is -13.6. The zero-order chi connectivity index (χ0) is 41.4. The fraction of sp³-hybridized carbons (Fsp3) is 0.917. The summed E-state index contributed by atoms with van der Waals surface area (Å²) in [5.74, 6) is 0.0902. The van der Waals surface area contributed by atoms with E-state index in [-0.39, 0.29) is 5.78 Å². The maximum Gasteiger partial charge on any atom is 0.314 e. The molecule has 0 spiro atoms. The lowest BCUT2D eigenvalue weighted by Gasteiger charge is -2.43. The Kier molecular flexibility index (Phi) is 28.0. The largest absolute Gasteiger partial charge is 0.436 e. The number of ketones is 1. The number of ether oxygens (including phenoxy) is 6. The van der Waals surface area contributed by atoms with Gasteiger partial charge in [-0.25, -0.2) is 0 Å². The van der Waals surface area contributed by atoms with Crippen molar-refractivity contribution in [1.29, 1.82) is 0 Å². The number of carbonyl (C=O) groups is 1. The highest BCUT2D eigenvalue weighted by atomic mass is 28.5. The van der Waals surface area contributed by atoms with Crippen molar-refractivity contribution in [3.05, 3.63) is 12.2 Å². The van der Waals surface area contributed by atoms with Crippen LogP contribution in [0.4, 0.5) is 0 Å². The van der Waals surface area contributed by atoms with E-state index in [1.165, 1.54) is 12.8 Å². The zero-order valence-corrected chi connectivity index (χ0v) is 43.0. The number of hydrogen-bond donors (Lipinski definition) is 0. The monoisotopic (exact) mass is 874 g/mol. The van der Waals surface area contributed by atoms with Crippen LogP contribution in [0.1, 0.15) is 46.0 Å². The smallest absolute Gasteiger partial charge is 0.314 e. The lowest BCUT2D eigenvalue weighted by molar-refractivity contribution is -0.115. The lowest BCUT2D eigenvalue weighted by atomic mass is 10.1. The average Bonchev–Trinajstić information content (AvgIpc) is 2.99. The van der Waals surface area contributed by atoms with Gasteiger partial charge < -0.3 is 49.0 Å². The number of Topliss-reactive ketones (excluding diaryl/α,β-unsaturated/α-hetero) is 1. The summed E-state index contributed by atoms with van der Waals surface area (Å²) >= 11 is 0. The number of allylic oxidation sites excluding steroid dienone is 1. The summed E-state index contributed by atoms with van der Waals surface area (Å²) in [6, 6.07) is 2.15. The van der Waals surface area contributed by atoms with Crippen LogP contribution >= 0.6 is 0 Å². The summed E-state index contributed by atoms with van der Waals surface area (Å²) in [6.45, 7) is 40.2. The second kappa shape index (κ2) is 27.9. The van der Waals surface area contributed by atoms with Gasteiger partial charge in [-0.05, 0) is 116 Å². The average molecular weight is 876 g/mol. The van der Waals surface area contributed by atoms with Crippen LogP contribution in [-0.2, 0) is 53.8 Å². The molecule has 0 saturated heterocycles. The van der Waals surface area contributed by atoms with E-state index in [0.717, 1.165) is 18.5 Å². The molecule has 0 aromatic rings. The second-order valence-electron chi connectivity index (χ2n) is 16.8. The molecule has 0 bridgehead atoms. The van der Waals surface area contributed by atoms with Gasteiger partial charge in [0.2, 0.25) is 0 Å². The van der Waals surface area contributed by atoms with E-state index in [0.29, 0.717) is 97.7 Å². The minimum Gasteiger partial charge on any atom is -0.436 e. The van der Waals surface area contributed by atoms with Crippen molar-refractivity contribution in [3.8, 4) is 0 Å². The first kappa shape index (κ1) is 54.3. The van der Waals surface area contributed by atoms with Gasteiger partial charge in [-0.2, -0.15) is 0 Å². The van der Waals surface area contributed by atoms with Crippen molar-refractivity contribution >= 4 is 56.7 Å². The van der Waals surface area contributed by atoms with Gasteiger partial charge in [-0.3, -0.25) is 4.79 Å². The summed E-state index contributed by atoms with van der Waals surface area (Å²) in [6.07, 6.45) is 4.50. The second-order valence-corrected chi connectivity index (χ2v) is 40.1. The van der Waals surface area contributed by atoms with Crippen LogP contribution in [-0.4, -0.2) is 136 Å². The van der Waals surface area contributed by atoms with Gasteiger partial charge >= 0.3 is 34.2 Å². The Morgan fingerprint density at radius 3 is 1.02 bits per heavy atom. The first-order valence-electron chi connectivity index (χ1n) is 20.1. The Morgan fingerprint density at radius 2 is 0.704 bits per heavy atom. The van der Waals surface area contributed by atoms with Crippen LogP contribution in [0.15, 0.2) is 12.2 Å². The molecule has 0 amide bonds. The minimum atomic E-state index is -2.54. The molecule has 0 atom stereocenters. The highest BCUT2D eigenvalue weighted by Crippen LogP contribution is 2.29. The van der Waals surface area contributed by atoms with Crippen molar-refractivity contribution < 1.29 is 53.8 Å². The Morgan fingerprint density at radius 1 is 0.426 bits per heavy atom. The third kappa shape index (κ3) is 32.3. The van der Waals surface area contributed by atoms with Gasteiger partial charge in [0.1, 0.15) is 0 Å². The molecular formula is C36H82O12Si6. The zero-order valence-electron chi connectivity index (χ0n) is 37.0. The molecule has 0 heterocycles. The molecule has 0 aliphatic rings. The van der Waals surface area contributed by atoms with Gasteiger partial charge in [0.25, 0.3) is 0 Å². The first-order valence-corrected chi connectivity index (χ1v) is 37.6. The van der Waals surface area contributed by atoms with E-state index in [2.05, 4.69) is 92.1 Å². The van der Waals surface area contributed by atoms with Crippen LogP contribution < -0.4 is 0 Å². The third-order valence-corrected chi connectivity index (χ3v) is 31.0. The topological polar surface area (TPSA) is 119 Å². The summed E-state index contributed by atoms with van der Waals surface area (Å²) in [5.41, 5.74) is 0.595. The maximum atomic E-state index is 11.5. The molecule has 0 aliphatic heterocycles. The Labute approximate surface area is 337 Å².